The monoisotopic (exact) mass is 268 g/mol. The van der Waals surface area contributed by atoms with Gasteiger partial charge < -0.3 is 15.0 Å². The van der Waals surface area contributed by atoms with Gasteiger partial charge in [0.1, 0.15) is 0 Å². The van der Waals surface area contributed by atoms with Gasteiger partial charge in [-0.2, -0.15) is 0 Å². The lowest BCUT2D eigenvalue weighted by molar-refractivity contribution is -0.133. The van der Waals surface area contributed by atoms with Gasteiger partial charge in [0.2, 0.25) is 11.8 Å². The van der Waals surface area contributed by atoms with Gasteiger partial charge in [0, 0.05) is 45.7 Å². The zero-order chi connectivity index (χ0) is 13.5. The molecule has 0 radical (unpaired) electrons. The zero-order valence-electron chi connectivity index (χ0n) is 11.5. The van der Waals surface area contributed by atoms with Crippen LogP contribution < -0.4 is 5.32 Å². The number of carbonyl (C=O) groups excluding carboxylic acids is 2. The fraction of sp³-hybridized carbons (Fsp3) is 0.857. The number of ether oxygens (including phenoxy) is 1. The highest BCUT2D eigenvalue weighted by atomic mass is 16.5. The minimum Gasteiger partial charge on any atom is -0.381 e. The van der Waals surface area contributed by atoms with Gasteiger partial charge in [0.05, 0.1) is 0 Å². The molecule has 0 aliphatic carbocycles. The predicted octanol–water partition coefficient (Wildman–Crippen LogP) is 0.932. The van der Waals surface area contributed by atoms with Crippen LogP contribution in [-0.2, 0) is 14.3 Å². The highest BCUT2D eigenvalue weighted by Crippen LogP contribution is 2.15. The van der Waals surface area contributed by atoms with Crippen molar-refractivity contribution in [3.63, 3.8) is 0 Å². The number of nitrogens with one attached hydrogen (secondary N) is 1. The summed E-state index contributed by atoms with van der Waals surface area (Å²) in [5, 5.41) is 2.93. The Morgan fingerprint density at radius 3 is 3.05 bits per heavy atom. The van der Waals surface area contributed by atoms with E-state index in [-0.39, 0.29) is 11.8 Å². The van der Waals surface area contributed by atoms with E-state index < -0.39 is 0 Å². The number of nitrogens with zero attached hydrogens (tertiary/aromatic N) is 1. The first kappa shape index (κ1) is 14.3. The summed E-state index contributed by atoms with van der Waals surface area (Å²) in [5.74, 6) is 0.850. The van der Waals surface area contributed by atoms with Crippen LogP contribution in [0.25, 0.3) is 0 Å². The average molecular weight is 268 g/mol. The number of rotatable bonds is 6. The zero-order valence-corrected chi connectivity index (χ0v) is 11.5. The Bertz CT molecular complexity index is 314. The van der Waals surface area contributed by atoms with E-state index in [1.807, 2.05) is 4.90 Å². The second-order valence-corrected chi connectivity index (χ2v) is 5.46. The number of piperidine rings is 1. The molecule has 0 aromatic rings. The van der Waals surface area contributed by atoms with Crippen molar-refractivity contribution in [3.05, 3.63) is 0 Å². The second kappa shape index (κ2) is 7.48. The van der Waals surface area contributed by atoms with Gasteiger partial charge in [0.25, 0.3) is 0 Å². The lowest BCUT2D eigenvalue weighted by Crippen LogP contribution is -2.38. The van der Waals surface area contributed by atoms with E-state index in [1.165, 1.54) is 0 Å². The van der Waals surface area contributed by atoms with Crippen LogP contribution in [0.1, 0.15) is 38.5 Å². The van der Waals surface area contributed by atoms with Crippen molar-refractivity contribution in [1.29, 1.82) is 0 Å². The Kier molecular flexibility index (Phi) is 5.63. The number of carbonyl (C=O) groups is 2. The molecule has 0 aromatic carbocycles. The highest BCUT2D eigenvalue weighted by molar-refractivity contribution is 5.79. The summed E-state index contributed by atoms with van der Waals surface area (Å²) in [7, 11) is 0. The molecule has 0 bridgehead atoms. The first-order valence-corrected chi connectivity index (χ1v) is 7.38. The highest BCUT2D eigenvalue weighted by Gasteiger charge is 2.19. The van der Waals surface area contributed by atoms with E-state index in [2.05, 4.69) is 5.32 Å². The van der Waals surface area contributed by atoms with Crippen molar-refractivity contribution in [2.45, 2.75) is 38.5 Å². The third kappa shape index (κ3) is 4.82. The molecular weight excluding hydrogens is 244 g/mol. The van der Waals surface area contributed by atoms with Crippen LogP contribution in [0.3, 0.4) is 0 Å². The first-order chi connectivity index (χ1) is 9.25. The molecule has 5 heteroatoms. The van der Waals surface area contributed by atoms with E-state index in [1.54, 1.807) is 0 Å². The van der Waals surface area contributed by atoms with Crippen molar-refractivity contribution in [2.75, 3.05) is 32.8 Å². The molecule has 2 aliphatic rings. The van der Waals surface area contributed by atoms with Crippen molar-refractivity contribution >= 4 is 11.8 Å². The van der Waals surface area contributed by atoms with E-state index in [9.17, 15) is 9.59 Å². The molecule has 5 nitrogen and oxygen atoms in total. The van der Waals surface area contributed by atoms with Crippen molar-refractivity contribution in [2.24, 2.45) is 5.92 Å². The number of hydrogen-bond acceptors (Lipinski definition) is 3. The normalized spacial score (nSPS) is 23.7. The van der Waals surface area contributed by atoms with Crippen LogP contribution in [0.15, 0.2) is 0 Å². The summed E-state index contributed by atoms with van der Waals surface area (Å²) >= 11 is 0. The Balaban J connectivity index is 1.54. The fourth-order valence-electron chi connectivity index (χ4n) is 2.65. The smallest absolute Gasteiger partial charge is 0.222 e. The Labute approximate surface area is 114 Å². The summed E-state index contributed by atoms with van der Waals surface area (Å²) in [4.78, 5) is 25.1. The van der Waals surface area contributed by atoms with Gasteiger partial charge in [-0.3, -0.25) is 9.59 Å². The van der Waals surface area contributed by atoms with Crippen molar-refractivity contribution < 1.29 is 14.3 Å². The molecule has 2 rings (SSSR count). The number of amides is 2. The molecule has 0 aromatic heterocycles. The third-order valence-corrected chi connectivity index (χ3v) is 3.93. The molecular formula is C14H24N2O3. The molecule has 2 heterocycles. The van der Waals surface area contributed by atoms with E-state index in [4.69, 9.17) is 4.74 Å². The van der Waals surface area contributed by atoms with Gasteiger partial charge in [-0.05, 0) is 31.6 Å². The molecule has 0 spiro atoms. The molecule has 2 saturated heterocycles. The third-order valence-electron chi connectivity index (χ3n) is 3.93. The predicted molar refractivity (Wildman–Crippen MR) is 71.6 cm³/mol. The van der Waals surface area contributed by atoms with Crippen LogP contribution >= 0.6 is 0 Å². The molecule has 19 heavy (non-hydrogen) atoms. The van der Waals surface area contributed by atoms with Crippen LogP contribution in [0.4, 0.5) is 0 Å². The molecule has 1 unspecified atom stereocenters. The van der Waals surface area contributed by atoms with Crippen molar-refractivity contribution in [1.82, 2.24) is 10.2 Å². The van der Waals surface area contributed by atoms with Gasteiger partial charge in [-0.25, -0.2) is 0 Å². The molecule has 2 amide bonds. The molecule has 108 valence electrons. The van der Waals surface area contributed by atoms with Gasteiger partial charge in [0.15, 0.2) is 0 Å². The molecule has 1 N–H and O–H groups in total. The van der Waals surface area contributed by atoms with E-state index in [0.29, 0.717) is 25.3 Å². The minimum atomic E-state index is 0.0530. The Morgan fingerprint density at radius 2 is 2.32 bits per heavy atom. The molecule has 1 atom stereocenters. The summed E-state index contributed by atoms with van der Waals surface area (Å²) in [6.45, 7) is 3.79. The van der Waals surface area contributed by atoms with Crippen LogP contribution in [0.2, 0.25) is 0 Å². The lowest BCUT2D eigenvalue weighted by Gasteiger charge is -2.26. The maximum atomic E-state index is 11.7. The number of likely N-dealkylation sites (tertiary alicyclic amines) is 1. The van der Waals surface area contributed by atoms with Gasteiger partial charge in [-0.15, -0.1) is 0 Å². The summed E-state index contributed by atoms with van der Waals surface area (Å²) in [5.41, 5.74) is 0. The van der Waals surface area contributed by atoms with Crippen LogP contribution in [-0.4, -0.2) is 49.6 Å². The summed E-state index contributed by atoms with van der Waals surface area (Å²) in [6.07, 6.45) is 5.22. The van der Waals surface area contributed by atoms with Gasteiger partial charge in [-0.1, -0.05) is 0 Å². The fourth-order valence-corrected chi connectivity index (χ4v) is 2.65. The van der Waals surface area contributed by atoms with Gasteiger partial charge >= 0.3 is 0 Å². The lowest BCUT2D eigenvalue weighted by atomic mass is 10.1. The average Bonchev–Trinajstić information content (AvgIpc) is 2.91. The second-order valence-electron chi connectivity index (χ2n) is 5.46. The van der Waals surface area contributed by atoms with Crippen LogP contribution in [0, 0.1) is 5.92 Å². The largest absolute Gasteiger partial charge is 0.381 e. The summed E-state index contributed by atoms with van der Waals surface area (Å²) < 4.78 is 5.30. The minimum absolute atomic E-state index is 0.0530. The topological polar surface area (TPSA) is 58.6 Å². The maximum absolute atomic E-state index is 11.7. The SMILES string of the molecule is O=C(CCN1CCCCC1=O)NCCC1CCOC1. The summed E-state index contributed by atoms with van der Waals surface area (Å²) in [6, 6.07) is 0. The molecule has 0 saturated carbocycles. The first-order valence-electron chi connectivity index (χ1n) is 7.38. The maximum Gasteiger partial charge on any atom is 0.222 e. The Hall–Kier alpha value is -1.10. The van der Waals surface area contributed by atoms with E-state index >= 15 is 0 Å². The quantitative estimate of drug-likeness (QED) is 0.779. The van der Waals surface area contributed by atoms with E-state index in [0.717, 1.165) is 52.0 Å². The van der Waals surface area contributed by atoms with Crippen LogP contribution in [0.5, 0.6) is 0 Å². The number of hydrogen-bond donors (Lipinski definition) is 1. The Morgan fingerprint density at radius 1 is 1.42 bits per heavy atom. The molecule has 2 aliphatic heterocycles. The standard InChI is InChI=1S/C14H24N2O3/c17-13(15-7-4-12-6-10-19-11-12)5-9-16-8-2-1-3-14(16)18/h12H,1-11H2,(H,15,17). The van der Waals surface area contributed by atoms with Crippen molar-refractivity contribution in [3.8, 4) is 0 Å². The molecule has 2 fully saturated rings.